The van der Waals surface area contributed by atoms with E-state index in [2.05, 4.69) is 37.0 Å². The van der Waals surface area contributed by atoms with E-state index in [9.17, 15) is 0 Å². The lowest BCUT2D eigenvalue weighted by atomic mass is 9.94. The molecule has 0 saturated carbocycles. The molecule has 0 bridgehead atoms. The summed E-state index contributed by atoms with van der Waals surface area (Å²) in [6.07, 6.45) is 11.1. The van der Waals surface area contributed by atoms with Crippen LogP contribution in [0.15, 0.2) is 71.6 Å². The first kappa shape index (κ1) is 14.7. The predicted octanol–water partition coefficient (Wildman–Crippen LogP) is 3.55. The number of rotatable bonds is 1. The number of nitrogens with zero attached hydrogens (tertiary/aromatic N) is 5. The Bertz CT molecular complexity index is 1130. The van der Waals surface area contributed by atoms with Gasteiger partial charge in [-0.25, -0.2) is 0 Å². The van der Waals surface area contributed by atoms with Gasteiger partial charge in [0.1, 0.15) is 0 Å². The maximum Gasteiger partial charge on any atom is 0.176 e. The average Bonchev–Trinajstić information content (AvgIpc) is 3.18. The molecule has 6 nitrogen and oxygen atoms in total. The smallest absolute Gasteiger partial charge is 0.176 e. The second kappa shape index (κ2) is 5.09. The molecule has 1 aliphatic heterocycles. The fraction of sp³-hybridized carbons (Fsp3) is 0.0588. The van der Waals surface area contributed by atoms with E-state index in [1.165, 1.54) is 0 Å². The van der Waals surface area contributed by atoms with Crippen molar-refractivity contribution in [1.29, 1.82) is 0 Å². The topological polar surface area (TPSA) is 80.9 Å². The van der Waals surface area contributed by atoms with Crippen LogP contribution in [0.25, 0.3) is 27.1 Å². The second-order valence-electron chi connectivity index (χ2n) is 5.69. The normalized spacial score (nSPS) is 19.4. The molecule has 0 aliphatic carbocycles. The summed E-state index contributed by atoms with van der Waals surface area (Å²) in [5.41, 5.74) is 7.52. The standard InChI is InChI=1S/C17H12N6.ClH/c18-17(5-6-19-22-17)14-3-1-2-11-4-7-23-10-12-8-20-21-9-13(12)16(23)15(11)14;/h1-10H,18H2;1H. The molecule has 0 saturated heterocycles. The van der Waals surface area contributed by atoms with E-state index in [1.807, 2.05) is 30.6 Å². The minimum atomic E-state index is -0.932. The summed E-state index contributed by atoms with van der Waals surface area (Å²) in [5.74, 6) is 0. The first-order valence-electron chi connectivity index (χ1n) is 7.28. The van der Waals surface area contributed by atoms with E-state index in [0.29, 0.717) is 0 Å². The fourth-order valence-corrected chi connectivity index (χ4v) is 3.29. The van der Waals surface area contributed by atoms with Crippen LogP contribution < -0.4 is 5.73 Å². The van der Waals surface area contributed by atoms with Crippen LogP contribution in [-0.4, -0.2) is 14.6 Å². The molecule has 1 unspecified atom stereocenters. The van der Waals surface area contributed by atoms with Gasteiger partial charge in [0.15, 0.2) is 5.66 Å². The highest BCUT2D eigenvalue weighted by molar-refractivity contribution is 6.12. The van der Waals surface area contributed by atoms with Gasteiger partial charge in [-0.1, -0.05) is 18.2 Å². The zero-order valence-electron chi connectivity index (χ0n) is 12.5. The van der Waals surface area contributed by atoms with Crippen molar-refractivity contribution in [3.63, 3.8) is 0 Å². The van der Waals surface area contributed by atoms with Crippen molar-refractivity contribution < 1.29 is 0 Å². The van der Waals surface area contributed by atoms with Gasteiger partial charge in [-0.3, -0.25) is 5.73 Å². The Hall–Kier alpha value is -2.83. The summed E-state index contributed by atoms with van der Waals surface area (Å²) >= 11 is 0. The highest BCUT2D eigenvalue weighted by atomic mass is 35.5. The first-order valence-corrected chi connectivity index (χ1v) is 7.28. The monoisotopic (exact) mass is 336 g/mol. The average molecular weight is 337 g/mol. The number of aromatic nitrogens is 3. The Morgan fingerprint density at radius 2 is 1.92 bits per heavy atom. The molecule has 4 heterocycles. The van der Waals surface area contributed by atoms with Crippen LogP contribution in [-0.2, 0) is 5.66 Å². The third-order valence-corrected chi connectivity index (χ3v) is 4.35. The van der Waals surface area contributed by atoms with Gasteiger partial charge in [0.05, 0.1) is 17.9 Å². The molecule has 2 N–H and O–H groups in total. The van der Waals surface area contributed by atoms with Gasteiger partial charge in [0.2, 0.25) is 0 Å². The minimum absolute atomic E-state index is 0. The molecule has 3 aromatic heterocycles. The van der Waals surface area contributed by atoms with Crippen LogP contribution in [0.3, 0.4) is 0 Å². The van der Waals surface area contributed by atoms with Crippen molar-refractivity contribution in [1.82, 2.24) is 14.6 Å². The number of pyridine rings is 1. The molecule has 0 amide bonds. The van der Waals surface area contributed by atoms with Crippen LogP contribution in [0, 0.1) is 0 Å². The molecule has 4 aromatic rings. The van der Waals surface area contributed by atoms with Crippen molar-refractivity contribution in [3.8, 4) is 0 Å². The molecule has 0 fully saturated rings. The quantitative estimate of drug-likeness (QED) is 0.577. The Morgan fingerprint density at radius 3 is 2.75 bits per heavy atom. The van der Waals surface area contributed by atoms with Crippen molar-refractivity contribution in [2.75, 3.05) is 0 Å². The Morgan fingerprint density at radius 1 is 1.04 bits per heavy atom. The van der Waals surface area contributed by atoms with Crippen molar-refractivity contribution in [3.05, 3.63) is 66.9 Å². The molecule has 0 spiro atoms. The lowest BCUT2D eigenvalue weighted by Crippen LogP contribution is -2.30. The minimum Gasteiger partial charge on any atom is -0.322 e. The summed E-state index contributed by atoms with van der Waals surface area (Å²) < 4.78 is 2.08. The van der Waals surface area contributed by atoms with Crippen LogP contribution in [0.2, 0.25) is 0 Å². The van der Waals surface area contributed by atoms with E-state index in [-0.39, 0.29) is 12.4 Å². The van der Waals surface area contributed by atoms with Gasteiger partial charge in [-0.15, -0.1) is 12.4 Å². The summed E-state index contributed by atoms with van der Waals surface area (Å²) in [6.45, 7) is 0. The van der Waals surface area contributed by atoms with E-state index >= 15 is 0 Å². The lowest BCUT2D eigenvalue weighted by molar-refractivity contribution is 0.591. The molecule has 7 heteroatoms. The summed E-state index contributed by atoms with van der Waals surface area (Å²) in [7, 11) is 0. The molecular weight excluding hydrogens is 324 g/mol. The molecule has 0 radical (unpaired) electrons. The first-order chi connectivity index (χ1) is 11.3. The van der Waals surface area contributed by atoms with E-state index < -0.39 is 5.66 Å². The molecular formula is C17H13ClN6. The third-order valence-electron chi connectivity index (χ3n) is 4.35. The van der Waals surface area contributed by atoms with Gasteiger partial charge in [0, 0.05) is 40.3 Å². The Labute approximate surface area is 143 Å². The van der Waals surface area contributed by atoms with E-state index in [4.69, 9.17) is 5.73 Å². The van der Waals surface area contributed by atoms with Gasteiger partial charge in [0.25, 0.3) is 0 Å². The fourth-order valence-electron chi connectivity index (χ4n) is 3.29. The van der Waals surface area contributed by atoms with Crippen LogP contribution in [0.1, 0.15) is 5.56 Å². The van der Waals surface area contributed by atoms with Crippen LogP contribution >= 0.6 is 12.4 Å². The van der Waals surface area contributed by atoms with Crippen molar-refractivity contribution in [2.45, 2.75) is 5.66 Å². The zero-order chi connectivity index (χ0) is 15.4. The number of halogens is 1. The largest absolute Gasteiger partial charge is 0.322 e. The SMILES string of the molecule is Cl.NC1(c2cccc3ccn4cc5cnncc5c4c23)C=CN=N1. The number of benzene rings is 1. The molecule has 5 rings (SSSR count). The summed E-state index contributed by atoms with van der Waals surface area (Å²) in [4.78, 5) is 0. The molecule has 118 valence electrons. The van der Waals surface area contributed by atoms with Crippen molar-refractivity contribution >= 4 is 39.5 Å². The number of nitrogens with two attached hydrogens (primary N) is 1. The van der Waals surface area contributed by atoms with Crippen molar-refractivity contribution in [2.24, 2.45) is 16.0 Å². The van der Waals surface area contributed by atoms with Gasteiger partial charge in [-0.05, 0) is 17.5 Å². The number of azo groups is 1. The maximum absolute atomic E-state index is 6.47. The molecule has 1 aromatic carbocycles. The number of hydrogen-bond acceptors (Lipinski definition) is 5. The summed E-state index contributed by atoms with van der Waals surface area (Å²) in [6, 6.07) is 8.15. The maximum atomic E-state index is 6.47. The van der Waals surface area contributed by atoms with Crippen LogP contribution in [0.5, 0.6) is 0 Å². The highest BCUT2D eigenvalue weighted by Crippen LogP contribution is 2.36. The zero-order valence-corrected chi connectivity index (χ0v) is 13.3. The van der Waals surface area contributed by atoms with E-state index in [0.717, 1.165) is 32.6 Å². The summed E-state index contributed by atoms with van der Waals surface area (Å²) in [5, 5.41) is 20.4. The third kappa shape index (κ3) is 1.87. The van der Waals surface area contributed by atoms with Gasteiger partial charge < -0.3 is 4.40 Å². The Kier molecular flexibility index (Phi) is 3.13. The lowest BCUT2D eigenvalue weighted by Gasteiger charge is -2.20. The van der Waals surface area contributed by atoms with E-state index in [1.54, 1.807) is 18.6 Å². The van der Waals surface area contributed by atoms with Crippen LogP contribution in [0.4, 0.5) is 0 Å². The highest BCUT2D eigenvalue weighted by Gasteiger charge is 2.29. The van der Waals surface area contributed by atoms with Gasteiger partial charge in [-0.2, -0.15) is 20.4 Å². The van der Waals surface area contributed by atoms with Gasteiger partial charge >= 0.3 is 0 Å². The number of hydrogen-bond donors (Lipinski definition) is 1. The molecule has 1 aliphatic rings. The second-order valence-corrected chi connectivity index (χ2v) is 5.69. The Balaban J connectivity index is 0.00000146. The molecule has 24 heavy (non-hydrogen) atoms. The predicted molar refractivity (Wildman–Crippen MR) is 95.1 cm³/mol. The number of fused-ring (bicyclic) bond motifs is 5. The molecule has 1 atom stereocenters.